The molecule has 0 saturated heterocycles. The van der Waals surface area contributed by atoms with Crippen LogP contribution in [0.25, 0.3) is 0 Å². The quantitative estimate of drug-likeness (QED) is 0.529. The maximum atomic E-state index is 10.2. The van der Waals surface area contributed by atoms with Crippen LogP contribution in [0.2, 0.25) is 0 Å². The maximum Gasteiger partial charge on any atom is 0.137 e. The minimum atomic E-state index is -0.572. The smallest absolute Gasteiger partial charge is 0.137 e. The lowest BCUT2D eigenvalue weighted by Gasteiger charge is -2.35. The molecule has 0 fully saturated rings. The molecule has 1 aliphatic rings. The average molecular weight is 220 g/mol. The molecule has 0 aromatic heterocycles. The van der Waals surface area contributed by atoms with Crippen LogP contribution in [-0.2, 0) is 0 Å². The molecule has 0 bridgehead atoms. The number of aliphatic hydroxyl groups excluding tert-OH is 1. The van der Waals surface area contributed by atoms with Crippen LogP contribution in [-0.4, -0.2) is 11.2 Å². The van der Waals surface area contributed by atoms with Crippen molar-refractivity contribution < 1.29 is 5.11 Å². The molecule has 1 atom stereocenters. The molecule has 90 valence electrons. The van der Waals surface area contributed by atoms with E-state index >= 15 is 0 Å². The van der Waals surface area contributed by atoms with Gasteiger partial charge in [0.25, 0.3) is 0 Å². The number of hydrogen-bond donors (Lipinski definition) is 1. The van der Waals surface area contributed by atoms with E-state index < -0.39 is 6.10 Å². The van der Waals surface area contributed by atoms with Crippen molar-refractivity contribution in [1.29, 1.82) is 0 Å². The highest BCUT2D eigenvalue weighted by molar-refractivity contribution is 5.32. The second kappa shape index (κ2) is 5.06. The third-order valence-corrected chi connectivity index (χ3v) is 3.32. The molecule has 1 nitrogen and oxygen atoms in total. The molecule has 1 unspecified atom stereocenters. The van der Waals surface area contributed by atoms with Crippen LogP contribution in [0.1, 0.15) is 53.9 Å². The summed E-state index contributed by atoms with van der Waals surface area (Å²) in [6.07, 6.45) is 2.92. The van der Waals surface area contributed by atoms with Gasteiger partial charge >= 0.3 is 0 Å². The molecule has 0 radical (unpaired) electrons. The maximum absolute atomic E-state index is 10.2. The van der Waals surface area contributed by atoms with Crippen LogP contribution in [0, 0.1) is 23.2 Å². The van der Waals surface area contributed by atoms with Crippen LogP contribution in [0.3, 0.4) is 0 Å². The Bertz CT molecular complexity index is 336. The Morgan fingerprint density at radius 1 is 1.25 bits per heavy atom. The average Bonchev–Trinajstić information content (AvgIpc) is 2.13. The first-order valence-corrected chi connectivity index (χ1v) is 6.24. The first-order chi connectivity index (χ1) is 7.34. The summed E-state index contributed by atoms with van der Waals surface area (Å²) in [5.74, 6) is 6.37. The molecule has 1 heteroatoms. The Morgan fingerprint density at radius 3 is 2.38 bits per heavy atom. The molecular formula is C15H24O. The zero-order chi connectivity index (χ0) is 12.3. The first-order valence-electron chi connectivity index (χ1n) is 6.24. The van der Waals surface area contributed by atoms with Crippen molar-refractivity contribution in [3.63, 3.8) is 0 Å². The summed E-state index contributed by atoms with van der Waals surface area (Å²) in [5.41, 5.74) is 2.60. The van der Waals surface area contributed by atoms with Crippen molar-refractivity contribution in [3.8, 4) is 11.8 Å². The molecular weight excluding hydrogens is 196 g/mol. The lowest BCUT2D eigenvalue weighted by Crippen LogP contribution is -2.28. The van der Waals surface area contributed by atoms with Crippen molar-refractivity contribution in [2.24, 2.45) is 11.3 Å². The lowest BCUT2D eigenvalue weighted by molar-refractivity contribution is 0.214. The summed E-state index contributed by atoms with van der Waals surface area (Å²) >= 11 is 0. The van der Waals surface area contributed by atoms with Gasteiger partial charge < -0.3 is 5.11 Å². The molecule has 1 N–H and O–H groups in total. The van der Waals surface area contributed by atoms with Gasteiger partial charge in [0.2, 0.25) is 0 Å². The Hall–Kier alpha value is -0.740. The third kappa shape index (κ3) is 3.12. The van der Waals surface area contributed by atoms with Gasteiger partial charge in [0.05, 0.1) is 0 Å². The fourth-order valence-corrected chi connectivity index (χ4v) is 2.56. The van der Waals surface area contributed by atoms with Gasteiger partial charge in [-0.05, 0) is 37.2 Å². The standard InChI is InChI=1S/C15H24O/c1-11(2)8-9-13(16)14-12(3)7-6-10-15(14,4)5/h11,13,16H,6-7,10H2,1-5H3. The minimum absolute atomic E-state index is 0.105. The van der Waals surface area contributed by atoms with Crippen molar-refractivity contribution >= 4 is 0 Å². The van der Waals surface area contributed by atoms with Crippen LogP contribution < -0.4 is 0 Å². The number of allylic oxidation sites excluding steroid dienone is 1. The molecule has 16 heavy (non-hydrogen) atoms. The van der Waals surface area contributed by atoms with Gasteiger partial charge in [0.15, 0.2) is 0 Å². The monoisotopic (exact) mass is 220 g/mol. The molecule has 0 aromatic carbocycles. The van der Waals surface area contributed by atoms with Crippen molar-refractivity contribution in [3.05, 3.63) is 11.1 Å². The normalized spacial score (nSPS) is 21.7. The van der Waals surface area contributed by atoms with Gasteiger partial charge in [-0.2, -0.15) is 0 Å². The molecule has 0 saturated carbocycles. The Kier molecular flexibility index (Phi) is 4.21. The Labute approximate surface area is 99.9 Å². The molecule has 0 aromatic rings. The van der Waals surface area contributed by atoms with Crippen LogP contribution in [0.4, 0.5) is 0 Å². The summed E-state index contributed by atoms with van der Waals surface area (Å²) in [5, 5.41) is 10.2. The highest BCUT2D eigenvalue weighted by Gasteiger charge is 2.31. The summed E-state index contributed by atoms with van der Waals surface area (Å²) in [7, 11) is 0. The van der Waals surface area contributed by atoms with Crippen molar-refractivity contribution in [2.45, 2.75) is 60.0 Å². The minimum Gasteiger partial charge on any atom is -0.376 e. The van der Waals surface area contributed by atoms with Crippen LogP contribution in [0.15, 0.2) is 11.1 Å². The van der Waals surface area contributed by atoms with E-state index in [-0.39, 0.29) is 5.41 Å². The van der Waals surface area contributed by atoms with Gasteiger partial charge in [-0.1, -0.05) is 45.1 Å². The lowest BCUT2D eigenvalue weighted by atomic mass is 9.71. The number of aliphatic hydroxyl groups is 1. The summed E-state index contributed by atoms with van der Waals surface area (Å²) in [4.78, 5) is 0. The van der Waals surface area contributed by atoms with E-state index in [1.807, 2.05) is 13.8 Å². The predicted octanol–water partition coefficient (Wildman–Crippen LogP) is 3.53. The van der Waals surface area contributed by atoms with Crippen molar-refractivity contribution in [2.75, 3.05) is 0 Å². The van der Waals surface area contributed by atoms with E-state index in [2.05, 4.69) is 32.6 Å². The molecule has 0 spiro atoms. The van der Waals surface area contributed by atoms with E-state index in [1.54, 1.807) is 0 Å². The van der Waals surface area contributed by atoms with Crippen molar-refractivity contribution in [1.82, 2.24) is 0 Å². The molecule has 0 amide bonds. The highest BCUT2D eigenvalue weighted by atomic mass is 16.3. The van der Waals surface area contributed by atoms with Crippen LogP contribution >= 0.6 is 0 Å². The molecule has 0 aliphatic heterocycles. The van der Waals surface area contributed by atoms with Gasteiger partial charge in [-0.25, -0.2) is 0 Å². The van der Waals surface area contributed by atoms with Gasteiger partial charge in [0.1, 0.15) is 6.10 Å². The second-order valence-corrected chi connectivity index (χ2v) is 5.78. The van der Waals surface area contributed by atoms with Gasteiger partial charge in [-0.3, -0.25) is 0 Å². The highest BCUT2D eigenvalue weighted by Crippen LogP contribution is 2.41. The fourth-order valence-electron chi connectivity index (χ4n) is 2.56. The Morgan fingerprint density at radius 2 is 1.88 bits per heavy atom. The summed E-state index contributed by atoms with van der Waals surface area (Å²) in [6, 6.07) is 0. The predicted molar refractivity (Wildman–Crippen MR) is 69.0 cm³/mol. The fraction of sp³-hybridized carbons (Fsp3) is 0.733. The SMILES string of the molecule is CC1=C(C(O)C#CC(C)C)C(C)(C)CCC1. The van der Waals surface area contributed by atoms with E-state index in [0.29, 0.717) is 5.92 Å². The zero-order valence-electron chi connectivity index (χ0n) is 11.2. The molecule has 1 rings (SSSR count). The number of hydrogen-bond acceptors (Lipinski definition) is 1. The van der Waals surface area contributed by atoms with E-state index in [1.165, 1.54) is 12.0 Å². The van der Waals surface area contributed by atoms with Gasteiger partial charge in [-0.15, -0.1) is 0 Å². The second-order valence-electron chi connectivity index (χ2n) is 5.78. The molecule has 1 aliphatic carbocycles. The first kappa shape index (κ1) is 13.3. The van der Waals surface area contributed by atoms with E-state index in [0.717, 1.165) is 18.4 Å². The Balaban J connectivity index is 2.97. The molecule has 0 heterocycles. The van der Waals surface area contributed by atoms with Gasteiger partial charge in [0, 0.05) is 5.92 Å². The summed E-state index contributed by atoms with van der Waals surface area (Å²) in [6.45, 7) is 10.7. The summed E-state index contributed by atoms with van der Waals surface area (Å²) < 4.78 is 0. The van der Waals surface area contributed by atoms with E-state index in [4.69, 9.17) is 0 Å². The number of rotatable bonds is 1. The third-order valence-electron chi connectivity index (χ3n) is 3.32. The zero-order valence-corrected chi connectivity index (χ0v) is 11.2. The topological polar surface area (TPSA) is 20.2 Å². The van der Waals surface area contributed by atoms with Crippen LogP contribution in [0.5, 0.6) is 0 Å². The van der Waals surface area contributed by atoms with E-state index in [9.17, 15) is 5.11 Å². The largest absolute Gasteiger partial charge is 0.376 e.